The maximum atomic E-state index is 4.44. The van der Waals surface area contributed by atoms with Crippen LogP contribution in [0.25, 0.3) is 0 Å². The Morgan fingerprint density at radius 1 is 1.24 bits per heavy atom. The summed E-state index contributed by atoms with van der Waals surface area (Å²) in [6.45, 7) is 9.61. The van der Waals surface area contributed by atoms with Crippen LogP contribution in [0.4, 0.5) is 11.8 Å². The molecule has 1 rings (SSSR count). The fraction of sp³-hybridized carbons (Fsp3) is 0.692. The van der Waals surface area contributed by atoms with Crippen molar-refractivity contribution in [1.82, 2.24) is 9.97 Å². The van der Waals surface area contributed by atoms with Crippen LogP contribution in [0.2, 0.25) is 0 Å². The molecule has 0 unspecified atom stereocenters. The van der Waals surface area contributed by atoms with E-state index in [-0.39, 0.29) is 5.54 Å². The van der Waals surface area contributed by atoms with E-state index in [1.807, 2.05) is 6.07 Å². The number of nitrogens with zero attached hydrogens (tertiary/aromatic N) is 2. The van der Waals surface area contributed by atoms with E-state index in [2.05, 4.69) is 48.3 Å². The summed E-state index contributed by atoms with van der Waals surface area (Å²) in [6.07, 6.45) is 5.14. The minimum Gasteiger partial charge on any atom is -0.365 e. The first-order valence-electron chi connectivity index (χ1n) is 6.42. The van der Waals surface area contributed by atoms with Crippen molar-refractivity contribution in [2.75, 3.05) is 17.2 Å². The van der Waals surface area contributed by atoms with Gasteiger partial charge in [-0.2, -0.15) is 4.98 Å². The quantitative estimate of drug-likeness (QED) is 0.762. The van der Waals surface area contributed by atoms with Crippen LogP contribution in [0.5, 0.6) is 0 Å². The van der Waals surface area contributed by atoms with Crippen molar-refractivity contribution in [3.8, 4) is 0 Å². The summed E-state index contributed by atoms with van der Waals surface area (Å²) in [6, 6.07) is 1.91. The smallest absolute Gasteiger partial charge is 0.224 e. The standard InChI is InChI=1S/C13H24N4/c1-5-8-13(3,4)17-11-7-10-15-12(16-11)14-9-6-2/h7,10H,5-6,8-9H2,1-4H3,(H2,14,15,16,17). The fourth-order valence-corrected chi connectivity index (χ4v) is 1.78. The van der Waals surface area contributed by atoms with Crippen LogP contribution in [0, 0.1) is 0 Å². The lowest BCUT2D eigenvalue weighted by molar-refractivity contribution is 0.509. The van der Waals surface area contributed by atoms with Crippen LogP contribution in [0.15, 0.2) is 12.3 Å². The average molecular weight is 236 g/mol. The van der Waals surface area contributed by atoms with E-state index in [9.17, 15) is 0 Å². The van der Waals surface area contributed by atoms with Crippen molar-refractivity contribution in [2.45, 2.75) is 52.5 Å². The number of hydrogen-bond acceptors (Lipinski definition) is 4. The lowest BCUT2D eigenvalue weighted by Crippen LogP contribution is -2.31. The lowest BCUT2D eigenvalue weighted by atomic mass is 9.99. The second-order valence-electron chi connectivity index (χ2n) is 4.95. The van der Waals surface area contributed by atoms with E-state index in [1.54, 1.807) is 6.20 Å². The molecule has 1 aromatic heterocycles. The molecule has 0 radical (unpaired) electrons. The Balaban J connectivity index is 2.64. The van der Waals surface area contributed by atoms with Crippen LogP contribution in [-0.2, 0) is 0 Å². The molecule has 4 heteroatoms. The largest absolute Gasteiger partial charge is 0.365 e. The highest BCUT2D eigenvalue weighted by Crippen LogP contribution is 2.18. The minimum atomic E-state index is 0.0745. The van der Waals surface area contributed by atoms with Gasteiger partial charge in [-0.3, -0.25) is 0 Å². The molecule has 0 aliphatic rings. The molecule has 96 valence electrons. The van der Waals surface area contributed by atoms with Gasteiger partial charge in [0.25, 0.3) is 0 Å². The Labute approximate surface area is 104 Å². The molecule has 0 aliphatic heterocycles. The highest BCUT2D eigenvalue weighted by Gasteiger charge is 2.16. The van der Waals surface area contributed by atoms with Gasteiger partial charge in [-0.05, 0) is 32.8 Å². The summed E-state index contributed by atoms with van der Waals surface area (Å²) in [5.41, 5.74) is 0.0745. The van der Waals surface area contributed by atoms with Gasteiger partial charge in [0.15, 0.2) is 0 Å². The molecule has 0 bridgehead atoms. The van der Waals surface area contributed by atoms with Crippen molar-refractivity contribution >= 4 is 11.8 Å². The number of aromatic nitrogens is 2. The summed E-state index contributed by atoms with van der Waals surface area (Å²) in [5.74, 6) is 1.58. The number of hydrogen-bond donors (Lipinski definition) is 2. The molecular formula is C13H24N4. The third-order valence-corrected chi connectivity index (χ3v) is 2.53. The van der Waals surface area contributed by atoms with Gasteiger partial charge in [-0.1, -0.05) is 20.3 Å². The summed E-state index contributed by atoms with van der Waals surface area (Å²) in [7, 11) is 0. The van der Waals surface area contributed by atoms with E-state index in [4.69, 9.17) is 0 Å². The molecule has 0 spiro atoms. The van der Waals surface area contributed by atoms with E-state index in [0.717, 1.165) is 31.6 Å². The summed E-state index contributed by atoms with van der Waals surface area (Å²) >= 11 is 0. The molecule has 0 atom stereocenters. The van der Waals surface area contributed by atoms with E-state index < -0.39 is 0 Å². The van der Waals surface area contributed by atoms with Gasteiger partial charge in [-0.15, -0.1) is 0 Å². The number of rotatable bonds is 7. The number of nitrogens with one attached hydrogen (secondary N) is 2. The third kappa shape index (κ3) is 5.02. The predicted molar refractivity (Wildman–Crippen MR) is 73.4 cm³/mol. The van der Waals surface area contributed by atoms with Gasteiger partial charge in [0.2, 0.25) is 5.95 Å². The van der Waals surface area contributed by atoms with Crippen molar-refractivity contribution in [2.24, 2.45) is 0 Å². The Hall–Kier alpha value is -1.32. The monoisotopic (exact) mass is 236 g/mol. The van der Waals surface area contributed by atoms with E-state index in [0.29, 0.717) is 5.95 Å². The lowest BCUT2D eigenvalue weighted by Gasteiger charge is -2.26. The molecule has 4 nitrogen and oxygen atoms in total. The predicted octanol–water partition coefficient (Wildman–Crippen LogP) is 3.29. The SMILES string of the molecule is CCCNc1nccc(NC(C)(C)CCC)n1. The second kappa shape index (κ2) is 6.42. The van der Waals surface area contributed by atoms with Crippen molar-refractivity contribution in [1.29, 1.82) is 0 Å². The molecule has 2 N–H and O–H groups in total. The van der Waals surface area contributed by atoms with Crippen molar-refractivity contribution < 1.29 is 0 Å². The summed E-state index contributed by atoms with van der Waals surface area (Å²) in [4.78, 5) is 8.64. The molecule has 0 amide bonds. The molecular weight excluding hydrogens is 212 g/mol. The highest BCUT2D eigenvalue weighted by molar-refractivity contribution is 5.41. The Morgan fingerprint density at radius 2 is 2.00 bits per heavy atom. The summed E-state index contributed by atoms with van der Waals surface area (Å²) in [5, 5.41) is 6.64. The Morgan fingerprint density at radius 3 is 2.65 bits per heavy atom. The van der Waals surface area contributed by atoms with Crippen LogP contribution in [0.1, 0.15) is 47.0 Å². The second-order valence-corrected chi connectivity index (χ2v) is 4.95. The third-order valence-electron chi connectivity index (χ3n) is 2.53. The van der Waals surface area contributed by atoms with Crippen LogP contribution in [-0.4, -0.2) is 22.1 Å². The van der Waals surface area contributed by atoms with Gasteiger partial charge in [0, 0.05) is 18.3 Å². The van der Waals surface area contributed by atoms with Crippen molar-refractivity contribution in [3.05, 3.63) is 12.3 Å². The highest BCUT2D eigenvalue weighted by atomic mass is 15.1. The normalized spacial score (nSPS) is 11.3. The first-order chi connectivity index (χ1) is 8.07. The molecule has 0 aliphatic carbocycles. The maximum Gasteiger partial charge on any atom is 0.224 e. The molecule has 1 aromatic rings. The van der Waals surface area contributed by atoms with Gasteiger partial charge in [0.1, 0.15) is 5.82 Å². The zero-order chi connectivity index (χ0) is 12.7. The first kappa shape index (κ1) is 13.7. The molecule has 1 heterocycles. The fourth-order valence-electron chi connectivity index (χ4n) is 1.78. The molecule has 0 saturated carbocycles. The van der Waals surface area contributed by atoms with Gasteiger partial charge in [0.05, 0.1) is 0 Å². The zero-order valence-corrected chi connectivity index (χ0v) is 11.4. The first-order valence-corrected chi connectivity index (χ1v) is 6.42. The minimum absolute atomic E-state index is 0.0745. The van der Waals surface area contributed by atoms with E-state index >= 15 is 0 Å². The van der Waals surface area contributed by atoms with Gasteiger partial charge < -0.3 is 10.6 Å². The van der Waals surface area contributed by atoms with Crippen molar-refractivity contribution in [3.63, 3.8) is 0 Å². The van der Waals surface area contributed by atoms with E-state index in [1.165, 1.54) is 0 Å². The van der Waals surface area contributed by atoms with Gasteiger partial charge in [-0.25, -0.2) is 4.98 Å². The number of anilines is 2. The molecule has 0 fully saturated rings. The van der Waals surface area contributed by atoms with Crippen LogP contribution in [0.3, 0.4) is 0 Å². The molecule has 0 saturated heterocycles. The maximum absolute atomic E-state index is 4.44. The average Bonchev–Trinajstić information content (AvgIpc) is 2.26. The van der Waals surface area contributed by atoms with Gasteiger partial charge >= 0.3 is 0 Å². The summed E-state index contributed by atoms with van der Waals surface area (Å²) < 4.78 is 0. The zero-order valence-electron chi connectivity index (χ0n) is 11.4. The molecule has 0 aromatic carbocycles. The Bertz CT molecular complexity index is 336. The van der Waals surface area contributed by atoms with Crippen LogP contribution < -0.4 is 10.6 Å². The molecule has 17 heavy (non-hydrogen) atoms. The van der Waals surface area contributed by atoms with Crippen LogP contribution >= 0.6 is 0 Å². The Kier molecular flexibility index (Phi) is 5.19. The topological polar surface area (TPSA) is 49.8 Å².